The first kappa shape index (κ1) is 28.4. The highest BCUT2D eigenvalue weighted by atomic mass is 17.2. The van der Waals surface area contributed by atoms with Crippen molar-refractivity contribution in [1.82, 2.24) is 0 Å². The Bertz CT molecular complexity index is 800. The molecular weight excluding hydrogens is 424 g/mol. The Morgan fingerprint density at radius 3 is 1.73 bits per heavy atom. The lowest BCUT2D eigenvalue weighted by Gasteiger charge is -2.14. The predicted molar refractivity (Wildman–Crippen MR) is 125 cm³/mol. The number of benzene rings is 2. The molecule has 0 aromatic heterocycles. The van der Waals surface area contributed by atoms with Gasteiger partial charge in [-0.3, -0.25) is 0 Å². The van der Waals surface area contributed by atoms with Crippen LogP contribution >= 0.6 is 0 Å². The van der Waals surface area contributed by atoms with Gasteiger partial charge in [-0.15, -0.1) is 0 Å². The summed E-state index contributed by atoms with van der Waals surface area (Å²) < 4.78 is 0. The third kappa shape index (κ3) is 12.2. The molecule has 0 aliphatic carbocycles. The summed E-state index contributed by atoms with van der Waals surface area (Å²) >= 11 is 0. The third-order valence-electron chi connectivity index (χ3n) is 4.17. The first-order valence-corrected chi connectivity index (χ1v) is 11.1. The van der Waals surface area contributed by atoms with Gasteiger partial charge in [-0.1, -0.05) is 67.6 Å². The van der Waals surface area contributed by atoms with E-state index in [1.807, 2.05) is 88.4 Å². The van der Waals surface area contributed by atoms with Gasteiger partial charge in [0, 0.05) is 0 Å². The molecule has 2 aromatic rings. The maximum Gasteiger partial charge on any atom is 0.216 e. The lowest BCUT2D eigenvalue weighted by atomic mass is 9.99. The molecule has 2 rings (SSSR count). The van der Waals surface area contributed by atoms with Gasteiger partial charge in [-0.25, -0.2) is 9.78 Å². The SMILES string of the molecule is CCOOCC(=C=C(OOCC)[C@@H](C)c1ccccc1)OOCC.C[C@@H](O)c1ccccc1. The summed E-state index contributed by atoms with van der Waals surface area (Å²) in [5, 5.41) is 9.02. The molecule has 0 aliphatic heterocycles. The van der Waals surface area contributed by atoms with Crippen LogP contribution in [0.5, 0.6) is 0 Å². The topological polar surface area (TPSA) is 75.6 Å². The van der Waals surface area contributed by atoms with Crippen LogP contribution in [-0.2, 0) is 29.3 Å². The van der Waals surface area contributed by atoms with Crippen LogP contribution in [0.3, 0.4) is 0 Å². The molecule has 0 fully saturated rings. The smallest absolute Gasteiger partial charge is 0.216 e. The van der Waals surface area contributed by atoms with Gasteiger partial charge in [0.15, 0.2) is 12.4 Å². The molecule has 1 N–H and O–H groups in total. The standard InChI is InChI=1S/C18H26O6.C8H10O/c1-5-19-22-14-17(23-20-6-2)13-18(24-21-7-3)15(4)16-11-9-8-10-12-16;1-7(9)8-5-3-2-4-6-8/h8-12,15H,5-7,14H2,1-4H3;2-7,9H,1H3/t13?,15-;7-/m01/s1. The third-order valence-corrected chi connectivity index (χ3v) is 4.17. The number of rotatable bonds is 13. The van der Waals surface area contributed by atoms with Gasteiger partial charge in [0.05, 0.1) is 31.8 Å². The van der Waals surface area contributed by atoms with Gasteiger partial charge in [0.2, 0.25) is 5.76 Å². The molecule has 0 spiro atoms. The summed E-state index contributed by atoms with van der Waals surface area (Å²) in [6.45, 7) is 10.5. The first-order valence-electron chi connectivity index (χ1n) is 11.1. The van der Waals surface area contributed by atoms with Crippen molar-refractivity contribution in [1.29, 1.82) is 0 Å². The van der Waals surface area contributed by atoms with E-state index >= 15 is 0 Å². The van der Waals surface area contributed by atoms with Gasteiger partial charge in [-0.2, -0.15) is 9.78 Å². The van der Waals surface area contributed by atoms with E-state index in [1.165, 1.54) is 0 Å². The van der Waals surface area contributed by atoms with Gasteiger partial charge in [0.25, 0.3) is 0 Å². The van der Waals surface area contributed by atoms with Gasteiger partial charge in [-0.05, 0) is 44.6 Å². The average Bonchev–Trinajstić information content (AvgIpc) is 2.85. The molecule has 7 nitrogen and oxygen atoms in total. The highest BCUT2D eigenvalue weighted by molar-refractivity contribution is 5.25. The zero-order valence-corrected chi connectivity index (χ0v) is 20.2. The van der Waals surface area contributed by atoms with Crippen molar-refractivity contribution >= 4 is 0 Å². The first-order chi connectivity index (χ1) is 16.0. The Morgan fingerprint density at radius 1 is 0.727 bits per heavy atom. The normalized spacial score (nSPS) is 11.9. The number of aliphatic hydroxyl groups is 1. The molecule has 2 atom stereocenters. The molecule has 33 heavy (non-hydrogen) atoms. The molecule has 2 aromatic carbocycles. The largest absolute Gasteiger partial charge is 0.389 e. The van der Waals surface area contributed by atoms with E-state index in [1.54, 1.807) is 6.92 Å². The summed E-state index contributed by atoms with van der Waals surface area (Å²) in [6.07, 6.45) is -0.341. The summed E-state index contributed by atoms with van der Waals surface area (Å²) in [5.41, 5.74) is 5.04. The molecule has 7 heteroatoms. The van der Waals surface area contributed by atoms with Crippen LogP contribution in [0, 0.1) is 0 Å². The fourth-order valence-corrected chi connectivity index (χ4v) is 2.48. The van der Waals surface area contributed by atoms with Crippen molar-refractivity contribution < 1.29 is 34.4 Å². The molecule has 0 unspecified atom stereocenters. The number of hydrogen-bond donors (Lipinski definition) is 1. The summed E-state index contributed by atoms with van der Waals surface area (Å²) in [7, 11) is 0. The molecule has 0 bridgehead atoms. The molecule has 0 amide bonds. The molecule has 0 heterocycles. The van der Waals surface area contributed by atoms with Crippen molar-refractivity contribution in [2.75, 3.05) is 26.4 Å². The Balaban J connectivity index is 0.000000502. The van der Waals surface area contributed by atoms with Crippen LogP contribution in [0.4, 0.5) is 0 Å². The Morgan fingerprint density at radius 2 is 1.24 bits per heavy atom. The summed E-state index contributed by atoms with van der Waals surface area (Å²) in [5.74, 6) is 0.658. The Hall–Kier alpha value is -2.64. The lowest BCUT2D eigenvalue weighted by Crippen LogP contribution is -2.07. The second-order valence-electron chi connectivity index (χ2n) is 6.78. The van der Waals surface area contributed by atoms with Crippen molar-refractivity contribution in [2.45, 2.75) is 46.6 Å². The van der Waals surface area contributed by atoms with E-state index in [-0.39, 0.29) is 18.6 Å². The van der Waals surface area contributed by atoms with E-state index in [9.17, 15) is 0 Å². The van der Waals surface area contributed by atoms with Crippen molar-refractivity contribution in [3.8, 4) is 0 Å². The minimum Gasteiger partial charge on any atom is -0.389 e. The summed E-state index contributed by atoms with van der Waals surface area (Å²) in [4.78, 5) is 30.5. The van der Waals surface area contributed by atoms with E-state index < -0.39 is 0 Å². The van der Waals surface area contributed by atoms with Gasteiger partial charge < -0.3 is 14.9 Å². The number of aliphatic hydroxyl groups excluding tert-OH is 1. The van der Waals surface area contributed by atoms with Crippen LogP contribution in [0.2, 0.25) is 0 Å². The van der Waals surface area contributed by atoms with Crippen LogP contribution in [0.1, 0.15) is 57.8 Å². The molecule has 0 aliphatic rings. The van der Waals surface area contributed by atoms with E-state index in [4.69, 9.17) is 34.4 Å². The highest BCUT2D eigenvalue weighted by Crippen LogP contribution is 2.24. The van der Waals surface area contributed by atoms with Crippen LogP contribution < -0.4 is 0 Å². The zero-order chi connectivity index (χ0) is 24.3. The molecule has 182 valence electrons. The van der Waals surface area contributed by atoms with Gasteiger partial charge >= 0.3 is 0 Å². The minimum atomic E-state index is -0.341. The molecular formula is C26H36O7. The minimum absolute atomic E-state index is 0.0360. The fourth-order valence-electron chi connectivity index (χ4n) is 2.48. The zero-order valence-electron chi connectivity index (χ0n) is 20.2. The van der Waals surface area contributed by atoms with Crippen molar-refractivity contribution in [2.24, 2.45) is 0 Å². The quantitative estimate of drug-likeness (QED) is 0.133. The Kier molecular flexibility index (Phi) is 15.4. The monoisotopic (exact) mass is 460 g/mol. The maximum absolute atomic E-state index is 9.02. The summed E-state index contributed by atoms with van der Waals surface area (Å²) in [6, 6.07) is 19.5. The second-order valence-corrected chi connectivity index (χ2v) is 6.78. The van der Waals surface area contributed by atoms with Crippen LogP contribution in [-0.4, -0.2) is 31.5 Å². The second kappa shape index (κ2) is 17.9. The number of hydrogen-bond acceptors (Lipinski definition) is 7. The highest BCUT2D eigenvalue weighted by Gasteiger charge is 2.15. The molecule has 0 saturated heterocycles. The maximum atomic E-state index is 9.02. The van der Waals surface area contributed by atoms with Crippen molar-refractivity contribution in [3.05, 3.63) is 89.0 Å². The predicted octanol–water partition coefficient (Wildman–Crippen LogP) is 5.80. The van der Waals surface area contributed by atoms with E-state index in [0.717, 1.165) is 11.1 Å². The molecule has 0 radical (unpaired) electrons. The fraction of sp³-hybridized carbons (Fsp3) is 0.423. The lowest BCUT2D eigenvalue weighted by molar-refractivity contribution is -0.314. The van der Waals surface area contributed by atoms with Gasteiger partial charge in [0.1, 0.15) is 0 Å². The van der Waals surface area contributed by atoms with E-state index in [0.29, 0.717) is 31.3 Å². The van der Waals surface area contributed by atoms with Crippen LogP contribution in [0.25, 0.3) is 0 Å². The average molecular weight is 461 g/mol. The van der Waals surface area contributed by atoms with Crippen molar-refractivity contribution in [3.63, 3.8) is 0 Å². The van der Waals surface area contributed by atoms with Crippen LogP contribution in [0.15, 0.2) is 77.9 Å². The van der Waals surface area contributed by atoms with E-state index in [2.05, 4.69) is 5.73 Å². The Labute approximate surface area is 196 Å². The molecule has 0 saturated carbocycles.